The number of carbonyl (C=O) groups is 4. The standard InChI is InChI=1S/C23H27F3N4O3.C22H25F4N5O2/c1-2-33-15-3-10-27-21(31)18-6-9-20(28-16-18)29-11-13-30(14-12-29)22(32)17-4-7-19(8-5-17)23(24,25)26;1-29(2)7-3-6-27-21(32)14-4-5-17(28-13-14)30-8-10-31(11-9-30)22(33)15-12-16(23)19(25)20(26)18(15)24/h4-9,16H,2-3,10-15H2,1H3,(H,27,31);4-5,12-13H,3,6-11H2,1-2H3,(H,27,32). The Morgan fingerprint density at radius 2 is 1.14 bits per heavy atom. The smallest absolute Gasteiger partial charge is 0.382 e. The van der Waals surface area contributed by atoms with Gasteiger partial charge in [0.25, 0.3) is 23.6 Å². The summed E-state index contributed by atoms with van der Waals surface area (Å²) in [5.74, 6) is -7.64. The molecule has 0 bridgehead atoms. The number of anilines is 2. The van der Waals surface area contributed by atoms with Gasteiger partial charge in [0, 0.05) is 96.6 Å². The van der Waals surface area contributed by atoms with Gasteiger partial charge in [-0.1, -0.05) is 0 Å². The first-order valence-electron chi connectivity index (χ1n) is 21.3. The number of nitrogens with zero attached hydrogens (tertiary/aromatic N) is 7. The van der Waals surface area contributed by atoms with Gasteiger partial charge in [0.05, 0.1) is 22.3 Å². The van der Waals surface area contributed by atoms with Crippen LogP contribution < -0.4 is 20.4 Å². The van der Waals surface area contributed by atoms with Crippen LogP contribution in [0.5, 0.6) is 0 Å². The highest BCUT2D eigenvalue weighted by Crippen LogP contribution is 2.29. The predicted octanol–water partition coefficient (Wildman–Crippen LogP) is 5.50. The van der Waals surface area contributed by atoms with Crippen LogP contribution in [0.15, 0.2) is 67.0 Å². The molecule has 2 aliphatic heterocycles. The zero-order valence-electron chi connectivity index (χ0n) is 36.8. The van der Waals surface area contributed by atoms with Crippen molar-refractivity contribution in [3.05, 3.63) is 118 Å². The maximum absolute atomic E-state index is 13.9. The van der Waals surface area contributed by atoms with Crippen LogP contribution in [0.2, 0.25) is 0 Å². The summed E-state index contributed by atoms with van der Waals surface area (Å²) in [5.41, 5.74) is -0.512. The van der Waals surface area contributed by atoms with E-state index in [2.05, 4.69) is 20.6 Å². The van der Waals surface area contributed by atoms with Gasteiger partial charge >= 0.3 is 6.18 Å². The molecule has 2 aromatic carbocycles. The lowest BCUT2D eigenvalue weighted by Crippen LogP contribution is -2.49. The van der Waals surface area contributed by atoms with Crippen LogP contribution in [0.4, 0.5) is 42.4 Å². The van der Waals surface area contributed by atoms with Crippen molar-refractivity contribution in [2.24, 2.45) is 0 Å². The summed E-state index contributed by atoms with van der Waals surface area (Å²) in [4.78, 5) is 66.9. The molecular formula is C45H52F7N9O5. The summed E-state index contributed by atoms with van der Waals surface area (Å²) in [6.45, 7) is 7.98. The van der Waals surface area contributed by atoms with Crippen LogP contribution >= 0.6 is 0 Å². The number of nitrogens with one attached hydrogen (secondary N) is 2. The Balaban J connectivity index is 0.000000247. The zero-order valence-corrected chi connectivity index (χ0v) is 36.8. The summed E-state index contributed by atoms with van der Waals surface area (Å²) in [6, 6.07) is 11.4. The Labute approximate surface area is 377 Å². The van der Waals surface area contributed by atoms with Gasteiger partial charge in [-0.15, -0.1) is 0 Å². The summed E-state index contributed by atoms with van der Waals surface area (Å²) < 4.78 is 97.4. The van der Waals surface area contributed by atoms with E-state index in [1.807, 2.05) is 35.7 Å². The fourth-order valence-corrected chi connectivity index (χ4v) is 6.90. The van der Waals surface area contributed by atoms with Crippen molar-refractivity contribution >= 4 is 35.3 Å². The minimum Gasteiger partial charge on any atom is -0.382 e. The van der Waals surface area contributed by atoms with E-state index in [9.17, 15) is 49.9 Å². The maximum atomic E-state index is 13.9. The molecule has 2 aliphatic rings. The maximum Gasteiger partial charge on any atom is 0.416 e. The molecule has 66 heavy (non-hydrogen) atoms. The normalized spacial score (nSPS) is 14.2. The average molecular weight is 932 g/mol. The Bertz CT molecular complexity index is 2250. The molecule has 0 aliphatic carbocycles. The quantitative estimate of drug-likeness (QED) is 0.0680. The molecule has 2 fully saturated rings. The highest BCUT2D eigenvalue weighted by atomic mass is 19.4. The van der Waals surface area contributed by atoms with Crippen molar-refractivity contribution in [2.75, 3.05) is 109 Å². The van der Waals surface area contributed by atoms with Gasteiger partial charge in [-0.2, -0.15) is 13.2 Å². The SMILES string of the molecule is CCOCCCNC(=O)c1ccc(N2CCN(C(=O)c3ccc(C(F)(F)F)cc3)CC2)nc1.CN(C)CCCNC(=O)c1ccc(N2CCN(C(=O)c3cc(F)c(F)c(F)c3F)CC2)nc1. The third-order valence-corrected chi connectivity index (χ3v) is 10.6. The number of amides is 4. The number of aromatic nitrogens is 2. The Kier molecular flexibility index (Phi) is 18.2. The highest BCUT2D eigenvalue weighted by Gasteiger charge is 2.32. The van der Waals surface area contributed by atoms with E-state index in [-0.39, 0.29) is 36.4 Å². The lowest BCUT2D eigenvalue weighted by atomic mass is 10.1. The topological polar surface area (TPSA) is 144 Å². The Hall–Kier alpha value is -6.35. The largest absolute Gasteiger partial charge is 0.416 e. The molecule has 6 rings (SSSR count). The Morgan fingerprint density at radius 3 is 1.59 bits per heavy atom. The highest BCUT2D eigenvalue weighted by molar-refractivity contribution is 5.96. The monoisotopic (exact) mass is 931 g/mol. The first kappa shape index (κ1) is 50.6. The van der Waals surface area contributed by atoms with Crippen molar-refractivity contribution in [2.45, 2.75) is 25.9 Å². The van der Waals surface area contributed by atoms with Gasteiger partial charge in [0.1, 0.15) is 11.6 Å². The fourth-order valence-electron chi connectivity index (χ4n) is 6.90. The van der Waals surface area contributed by atoms with Gasteiger partial charge in [-0.25, -0.2) is 27.5 Å². The molecule has 0 unspecified atom stereocenters. The molecule has 356 valence electrons. The number of piperazine rings is 2. The van der Waals surface area contributed by atoms with Crippen molar-refractivity contribution < 1.29 is 54.6 Å². The second-order valence-corrected chi connectivity index (χ2v) is 15.5. The van der Waals surface area contributed by atoms with Gasteiger partial charge in [-0.05, 0) is 95.0 Å². The number of carbonyl (C=O) groups excluding carboxylic acids is 4. The fraction of sp³-hybridized carbons (Fsp3) is 0.422. The first-order valence-corrected chi connectivity index (χ1v) is 21.3. The number of alkyl halides is 3. The summed E-state index contributed by atoms with van der Waals surface area (Å²) in [6.07, 6.45) is 0.120. The van der Waals surface area contributed by atoms with E-state index < -0.39 is 46.5 Å². The third-order valence-electron chi connectivity index (χ3n) is 10.6. The summed E-state index contributed by atoms with van der Waals surface area (Å²) in [5, 5.41) is 5.66. The number of hydrogen-bond acceptors (Lipinski definition) is 10. The number of ether oxygens (including phenoxy) is 1. The summed E-state index contributed by atoms with van der Waals surface area (Å²) >= 11 is 0. The van der Waals surface area contributed by atoms with Crippen LogP contribution in [0.3, 0.4) is 0 Å². The molecule has 4 amide bonds. The van der Waals surface area contributed by atoms with Gasteiger partial charge < -0.3 is 39.9 Å². The van der Waals surface area contributed by atoms with E-state index in [1.54, 1.807) is 29.2 Å². The molecule has 0 atom stereocenters. The van der Waals surface area contributed by atoms with Gasteiger partial charge in [-0.3, -0.25) is 19.2 Å². The van der Waals surface area contributed by atoms with Crippen molar-refractivity contribution in [3.8, 4) is 0 Å². The molecule has 0 saturated carbocycles. The van der Waals surface area contributed by atoms with E-state index >= 15 is 0 Å². The van der Waals surface area contributed by atoms with E-state index in [1.165, 1.54) is 29.4 Å². The van der Waals surface area contributed by atoms with Crippen LogP contribution in [0, 0.1) is 23.3 Å². The Morgan fingerprint density at radius 1 is 0.652 bits per heavy atom. The lowest BCUT2D eigenvalue weighted by Gasteiger charge is -2.35. The molecule has 2 N–H and O–H groups in total. The number of hydrogen-bond donors (Lipinski definition) is 2. The second kappa shape index (κ2) is 23.7. The van der Waals surface area contributed by atoms with Crippen LogP contribution in [0.1, 0.15) is 66.8 Å². The number of benzene rings is 2. The van der Waals surface area contributed by atoms with Crippen molar-refractivity contribution in [1.82, 2.24) is 35.3 Å². The van der Waals surface area contributed by atoms with Crippen LogP contribution in [-0.4, -0.2) is 148 Å². The molecular weight excluding hydrogens is 880 g/mol. The minimum absolute atomic E-state index is 0.148. The molecule has 21 heteroatoms. The molecule has 0 spiro atoms. The molecule has 4 aromatic rings. The molecule has 4 heterocycles. The number of rotatable bonds is 15. The van der Waals surface area contributed by atoms with Gasteiger partial charge in [0.2, 0.25) is 0 Å². The minimum atomic E-state index is -4.43. The second-order valence-electron chi connectivity index (χ2n) is 15.5. The van der Waals surface area contributed by atoms with E-state index in [0.29, 0.717) is 94.4 Å². The van der Waals surface area contributed by atoms with Crippen molar-refractivity contribution in [3.63, 3.8) is 0 Å². The summed E-state index contributed by atoms with van der Waals surface area (Å²) in [7, 11) is 3.92. The average Bonchev–Trinajstić information content (AvgIpc) is 3.33. The molecule has 14 nitrogen and oxygen atoms in total. The van der Waals surface area contributed by atoms with Gasteiger partial charge in [0.15, 0.2) is 23.3 Å². The number of pyridine rings is 2. The molecule has 2 aromatic heterocycles. The molecule has 0 radical (unpaired) electrons. The number of halogens is 7. The first-order chi connectivity index (χ1) is 31.5. The van der Waals surface area contributed by atoms with Crippen molar-refractivity contribution in [1.29, 1.82) is 0 Å². The lowest BCUT2D eigenvalue weighted by molar-refractivity contribution is -0.137. The van der Waals surface area contributed by atoms with Crippen LogP contribution in [0.25, 0.3) is 0 Å². The van der Waals surface area contributed by atoms with E-state index in [4.69, 9.17) is 4.74 Å². The third kappa shape index (κ3) is 13.8. The van der Waals surface area contributed by atoms with E-state index in [0.717, 1.165) is 31.5 Å². The predicted molar refractivity (Wildman–Crippen MR) is 231 cm³/mol. The zero-order chi connectivity index (χ0) is 48.0. The molecule has 2 saturated heterocycles. The van der Waals surface area contributed by atoms with Crippen LogP contribution in [-0.2, 0) is 10.9 Å².